The van der Waals surface area contributed by atoms with Gasteiger partial charge >= 0.3 is 6.01 Å². The van der Waals surface area contributed by atoms with Crippen LogP contribution in [0.2, 0.25) is 0 Å². The summed E-state index contributed by atoms with van der Waals surface area (Å²) in [5, 5.41) is 14.4. The molecule has 4 heterocycles. The Morgan fingerprint density at radius 3 is 2.38 bits per heavy atom. The maximum atomic E-state index is 16.9. The topological polar surface area (TPSA) is 73.8 Å². The normalized spacial score (nSPS) is 27.2. The number of rotatable bonds is 7. The Morgan fingerprint density at radius 1 is 1.00 bits per heavy atom. The number of ether oxygens (including phenoxy) is 1. The number of piperazine rings is 1. The van der Waals surface area contributed by atoms with Crippen molar-refractivity contribution in [1.82, 2.24) is 20.2 Å². The van der Waals surface area contributed by atoms with E-state index in [1.807, 2.05) is 4.90 Å². The van der Waals surface area contributed by atoms with E-state index in [0.717, 1.165) is 25.7 Å². The number of aliphatic hydroxyl groups excluding tert-OH is 1. The monoisotopic (exact) mass is 691 g/mol. The number of anilines is 1. The number of fused-ring (bicyclic) bond motifs is 4. The van der Waals surface area contributed by atoms with Crippen molar-refractivity contribution in [2.24, 2.45) is 10.8 Å². The van der Waals surface area contributed by atoms with Gasteiger partial charge in [-0.1, -0.05) is 12.0 Å². The molecule has 2 saturated carbocycles. The quantitative estimate of drug-likeness (QED) is 0.247. The summed E-state index contributed by atoms with van der Waals surface area (Å²) in [6, 6.07) is 4.27. The minimum atomic E-state index is -2.54. The molecule has 2 unspecified atom stereocenters. The first-order valence-corrected chi connectivity index (χ1v) is 17.6. The molecule has 3 aliphatic carbocycles. The molecular weight excluding hydrogens is 653 g/mol. The van der Waals surface area contributed by atoms with Gasteiger partial charge in [-0.15, -0.1) is 6.42 Å². The van der Waals surface area contributed by atoms with Gasteiger partial charge in [-0.25, -0.2) is 22.0 Å². The molecule has 5 fully saturated rings. The summed E-state index contributed by atoms with van der Waals surface area (Å²) in [6.45, 7) is 3.43. The molecule has 2 N–H and O–H groups in total. The summed E-state index contributed by atoms with van der Waals surface area (Å²) >= 11 is 0. The Hall–Kier alpha value is -3.79. The number of likely N-dealkylation sites (tertiary alicyclic amines) is 1. The summed E-state index contributed by atoms with van der Waals surface area (Å²) in [4.78, 5) is 13.5. The van der Waals surface area contributed by atoms with Gasteiger partial charge in [-0.2, -0.15) is 9.97 Å². The first-order chi connectivity index (χ1) is 24.0. The summed E-state index contributed by atoms with van der Waals surface area (Å²) in [6.07, 6.45) is 10.8. The number of terminal acetylenes is 1. The molecule has 50 heavy (non-hydrogen) atoms. The van der Waals surface area contributed by atoms with Crippen LogP contribution in [0, 0.1) is 40.6 Å². The fourth-order valence-corrected chi connectivity index (χ4v) is 8.97. The zero-order valence-electron chi connectivity index (χ0n) is 27.6. The van der Waals surface area contributed by atoms with E-state index in [2.05, 4.69) is 21.1 Å². The van der Waals surface area contributed by atoms with Crippen LogP contribution in [-0.2, 0) is 6.42 Å². The van der Waals surface area contributed by atoms with Crippen molar-refractivity contribution in [2.45, 2.75) is 75.5 Å². The lowest BCUT2D eigenvalue weighted by Crippen LogP contribution is -2.51. The van der Waals surface area contributed by atoms with E-state index in [1.165, 1.54) is 24.3 Å². The Labute approximate surface area is 286 Å². The molecule has 2 bridgehead atoms. The Balaban J connectivity index is 1.07. The summed E-state index contributed by atoms with van der Waals surface area (Å²) in [5.41, 5.74) is -1.12. The number of aliphatic hydroxyl groups is 1. The molecule has 1 aromatic heterocycles. The van der Waals surface area contributed by atoms with Crippen molar-refractivity contribution in [3.63, 3.8) is 0 Å². The number of alkyl halides is 2. The number of benzene rings is 2. The number of nitrogens with one attached hydrogen (secondary N) is 1. The SMILES string of the molecule is C#Cc1c(F)ccc2c1C(c1c(F)cc3c(N4CC5CCC(C4)N5)nc(OCC4(CN5CCC6(CC5)CC6(F)F)CC4)nc3c1F)=C[C@H](O)C2. The van der Waals surface area contributed by atoms with Crippen LogP contribution in [0.1, 0.15) is 67.2 Å². The van der Waals surface area contributed by atoms with Crippen LogP contribution >= 0.6 is 0 Å². The Bertz CT molecular complexity index is 1970. The average Bonchev–Trinajstić information content (AvgIpc) is 3.93. The van der Waals surface area contributed by atoms with E-state index in [1.54, 1.807) is 0 Å². The third kappa shape index (κ3) is 5.27. The number of hydrogen-bond donors (Lipinski definition) is 2. The maximum absolute atomic E-state index is 16.9. The molecule has 7 nitrogen and oxygen atoms in total. The molecule has 6 aliphatic rings. The van der Waals surface area contributed by atoms with Crippen molar-refractivity contribution in [1.29, 1.82) is 0 Å². The van der Waals surface area contributed by atoms with Gasteiger partial charge in [0.15, 0.2) is 5.82 Å². The van der Waals surface area contributed by atoms with Gasteiger partial charge in [0.2, 0.25) is 0 Å². The summed E-state index contributed by atoms with van der Waals surface area (Å²) in [5.74, 6) is -2.43. The van der Waals surface area contributed by atoms with Gasteiger partial charge in [0, 0.05) is 66.3 Å². The summed E-state index contributed by atoms with van der Waals surface area (Å²) < 4.78 is 82.3. The lowest BCUT2D eigenvalue weighted by Gasteiger charge is -2.35. The van der Waals surface area contributed by atoms with Crippen LogP contribution in [0.25, 0.3) is 16.5 Å². The Kier molecular flexibility index (Phi) is 7.30. The minimum absolute atomic E-state index is 0.00713. The van der Waals surface area contributed by atoms with Crippen LogP contribution in [0.3, 0.4) is 0 Å². The molecule has 3 saturated heterocycles. The van der Waals surface area contributed by atoms with E-state index in [9.17, 15) is 18.3 Å². The molecule has 262 valence electrons. The predicted molar refractivity (Wildman–Crippen MR) is 178 cm³/mol. The highest BCUT2D eigenvalue weighted by molar-refractivity contribution is 5.96. The van der Waals surface area contributed by atoms with Gasteiger partial charge in [0.1, 0.15) is 23.0 Å². The third-order valence-electron chi connectivity index (χ3n) is 12.1. The van der Waals surface area contributed by atoms with Crippen molar-refractivity contribution in [3.8, 4) is 18.4 Å². The number of hydrogen-bond acceptors (Lipinski definition) is 7. The van der Waals surface area contributed by atoms with Gasteiger partial charge in [0.25, 0.3) is 5.92 Å². The van der Waals surface area contributed by atoms with E-state index in [4.69, 9.17) is 16.1 Å². The molecule has 3 atom stereocenters. The number of halogens is 5. The zero-order valence-corrected chi connectivity index (χ0v) is 27.6. The molecule has 3 aromatic rings. The van der Waals surface area contributed by atoms with Crippen LogP contribution in [0.15, 0.2) is 24.3 Å². The molecule has 12 heteroatoms. The van der Waals surface area contributed by atoms with Crippen molar-refractivity contribution >= 4 is 22.3 Å². The molecular formula is C38H38F5N5O2. The lowest BCUT2D eigenvalue weighted by molar-refractivity contribution is 0.0252. The molecule has 9 rings (SSSR count). The first-order valence-electron chi connectivity index (χ1n) is 17.6. The van der Waals surface area contributed by atoms with Crippen LogP contribution < -0.4 is 15.0 Å². The van der Waals surface area contributed by atoms with Crippen LogP contribution in [0.4, 0.5) is 27.8 Å². The highest BCUT2D eigenvalue weighted by atomic mass is 19.3. The van der Waals surface area contributed by atoms with Crippen LogP contribution in [0.5, 0.6) is 6.01 Å². The minimum Gasteiger partial charge on any atom is -0.463 e. The molecule has 0 amide bonds. The van der Waals surface area contributed by atoms with Crippen LogP contribution in [-0.4, -0.2) is 83.4 Å². The molecule has 3 aliphatic heterocycles. The Morgan fingerprint density at radius 2 is 1.72 bits per heavy atom. The second kappa shape index (κ2) is 11.4. The van der Waals surface area contributed by atoms with Gasteiger partial charge < -0.3 is 25.0 Å². The van der Waals surface area contributed by atoms with E-state index >= 15 is 8.78 Å². The highest BCUT2D eigenvalue weighted by Crippen LogP contribution is 2.66. The standard InChI is InChI=1S/C38H38F5N5O2/c1-2-25-28(39)6-3-21-13-24(49)14-26(30(21)25)31-29(40)15-27-33(32(31)41)45-35(46-34(27)48-16-22-4-5-23(17-48)44-22)50-20-36(7-8-36)19-47-11-9-37(10-12-47)18-38(37,42)43/h1,3,6,14-15,22-24,44,49H,4-5,7-13,16-20H2/t22?,23?,24-/m1/s1. The van der Waals surface area contributed by atoms with Gasteiger partial charge in [-0.05, 0) is 81.0 Å². The number of nitrogens with zero attached hydrogens (tertiary/aromatic N) is 4. The first kappa shape index (κ1) is 32.1. The van der Waals surface area contributed by atoms with E-state index < -0.39 is 40.5 Å². The molecule has 2 aromatic carbocycles. The maximum Gasteiger partial charge on any atom is 0.319 e. The predicted octanol–water partition coefficient (Wildman–Crippen LogP) is 5.60. The molecule has 0 radical (unpaired) electrons. The van der Waals surface area contributed by atoms with Gasteiger partial charge in [0.05, 0.1) is 23.8 Å². The third-order valence-corrected chi connectivity index (χ3v) is 12.1. The zero-order chi connectivity index (χ0) is 34.6. The summed E-state index contributed by atoms with van der Waals surface area (Å²) in [7, 11) is 0. The van der Waals surface area contributed by atoms with Crippen molar-refractivity contribution in [2.75, 3.05) is 44.2 Å². The lowest BCUT2D eigenvalue weighted by atomic mass is 9.82. The average molecular weight is 692 g/mol. The fraction of sp³-hybridized carbons (Fsp3) is 0.526. The second-order valence-corrected chi connectivity index (χ2v) is 15.5. The van der Waals surface area contributed by atoms with Crippen molar-refractivity contribution < 1.29 is 31.8 Å². The number of aromatic nitrogens is 2. The van der Waals surface area contributed by atoms with E-state index in [0.29, 0.717) is 56.9 Å². The number of piperidine rings is 1. The van der Waals surface area contributed by atoms with Crippen molar-refractivity contribution in [3.05, 3.63) is 64.0 Å². The second-order valence-electron chi connectivity index (χ2n) is 15.5. The fourth-order valence-electron chi connectivity index (χ4n) is 8.97. The largest absolute Gasteiger partial charge is 0.463 e. The van der Waals surface area contributed by atoms with Gasteiger partial charge in [-0.3, -0.25) is 0 Å². The smallest absolute Gasteiger partial charge is 0.319 e. The van der Waals surface area contributed by atoms with E-state index in [-0.39, 0.29) is 70.6 Å². The highest BCUT2D eigenvalue weighted by Gasteiger charge is 2.70. The molecule has 1 spiro atoms.